The van der Waals surface area contributed by atoms with E-state index in [1.807, 2.05) is 12.3 Å². The highest BCUT2D eigenvalue weighted by Crippen LogP contribution is 2.36. The molecule has 0 unspecified atom stereocenters. The lowest BCUT2D eigenvalue weighted by molar-refractivity contribution is 0.0610. The number of aromatic nitrogens is 1. The molecule has 118 valence electrons. The lowest BCUT2D eigenvalue weighted by atomic mass is 9.74. The van der Waals surface area contributed by atoms with Gasteiger partial charge in [0.1, 0.15) is 0 Å². The fourth-order valence-corrected chi connectivity index (χ4v) is 3.51. The molecule has 0 spiro atoms. The molecule has 0 amide bonds. The van der Waals surface area contributed by atoms with Gasteiger partial charge in [0.25, 0.3) is 5.56 Å². The molecule has 1 fully saturated rings. The molecule has 0 aliphatic heterocycles. The fraction of sp³-hybridized carbons (Fsp3) is 0.706. The smallest absolute Gasteiger partial charge is 0.250 e. The predicted molar refractivity (Wildman–Crippen MR) is 87.4 cm³/mol. The van der Waals surface area contributed by atoms with Gasteiger partial charge >= 0.3 is 0 Å². The maximum Gasteiger partial charge on any atom is 0.250 e. The molecule has 1 aliphatic carbocycles. The first-order valence-corrected chi connectivity index (χ1v) is 8.18. The van der Waals surface area contributed by atoms with Gasteiger partial charge < -0.3 is 10.3 Å². The highest BCUT2D eigenvalue weighted by atomic mass is 16.1. The van der Waals surface area contributed by atoms with E-state index in [1.54, 1.807) is 16.7 Å². The fourth-order valence-electron chi connectivity index (χ4n) is 3.51. The lowest BCUT2D eigenvalue weighted by Crippen LogP contribution is -2.55. The van der Waals surface area contributed by atoms with Crippen LogP contribution in [-0.4, -0.2) is 35.1 Å². The van der Waals surface area contributed by atoms with Crippen LogP contribution in [0.15, 0.2) is 29.2 Å². The Morgan fingerprint density at radius 3 is 2.67 bits per heavy atom. The molecular weight excluding hydrogens is 262 g/mol. The Hall–Kier alpha value is -1.13. The normalized spacial score (nSPS) is 26.2. The van der Waals surface area contributed by atoms with Gasteiger partial charge in [0.15, 0.2) is 0 Å². The second-order valence-electron chi connectivity index (χ2n) is 6.43. The Kier molecular flexibility index (Phi) is 5.59. The zero-order valence-electron chi connectivity index (χ0n) is 13.4. The molecule has 0 bridgehead atoms. The third-order valence-electron chi connectivity index (χ3n) is 5.38. The molecule has 0 saturated heterocycles. The number of pyridine rings is 1. The second-order valence-corrected chi connectivity index (χ2v) is 6.43. The van der Waals surface area contributed by atoms with E-state index in [1.165, 1.54) is 32.1 Å². The molecule has 0 aromatic carbocycles. The highest BCUT2D eigenvalue weighted by molar-refractivity contribution is 4.96. The number of hydrogen-bond donors (Lipinski definition) is 1. The van der Waals surface area contributed by atoms with Gasteiger partial charge in [-0.05, 0) is 44.7 Å². The highest BCUT2D eigenvalue weighted by Gasteiger charge is 2.36. The van der Waals surface area contributed by atoms with Gasteiger partial charge in [-0.25, -0.2) is 0 Å². The van der Waals surface area contributed by atoms with Crippen molar-refractivity contribution in [1.29, 1.82) is 0 Å². The van der Waals surface area contributed by atoms with Crippen molar-refractivity contribution >= 4 is 0 Å². The minimum atomic E-state index is 0.0717. The SMILES string of the molecule is CCC1CCC(CN)(N(C)CCn2ccccc2=O)CC1. The number of likely N-dealkylation sites (N-methyl/N-ethyl adjacent to an activating group) is 1. The van der Waals surface area contributed by atoms with E-state index in [9.17, 15) is 4.79 Å². The monoisotopic (exact) mass is 291 g/mol. The van der Waals surface area contributed by atoms with Gasteiger partial charge in [0, 0.05) is 37.4 Å². The summed E-state index contributed by atoms with van der Waals surface area (Å²) in [4.78, 5) is 14.1. The third-order valence-corrected chi connectivity index (χ3v) is 5.38. The van der Waals surface area contributed by atoms with Crippen LogP contribution in [0.3, 0.4) is 0 Å². The first-order chi connectivity index (χ1) is 10.1. The van der Waals surface area contributed by atoms with E-state index >= 15 is 0 Å². The maximum absolute atomic E-state index is 11.8. The molecular formula is C17H29N3O. The molecule has 1 aliphatic rings. The van der Waals surface area contributed by atoms with Gasteiger partial charge in [-0.15, -0.1) is 0 Å². The summed E-state index contributed by atoms with van der Waals surface area (Å²) in [5.74, 6) is 0.870. The van der Waals surface area contributed by atoms with Crippen molar-refractivity contribution in [2.45, 2.75) is 51.1 Å². The Morgan fingerprint density at radius 2 is 2.10 bits per heavy atom. The topological polar surface area (TPSA) is 51.3 Å². The van der Waals surface area contributed by atoms with Crippen LogP contribution in [0.1, 0.15) is 39.0 Å². The average molecular weight is 291 g/mol. The van der Waals surface area contributed by atoms with E-state index in [-0.39, 0.29) is 11.1 Å². The second kappa shape index (κ2) is 7.23. The van der Waals surface area contributed by atoms with Crippen molar-refractivity contribution in [3.63, 3.8) is 0 Å². The first-order valence-electron chi connectivity index (χ1n) is 8.18. The summed E-state index contributed by atoms with van der Waals surface area (Å²) in [7, 11) is 2.16. The number of nitrogens with two attached hydrogens (primary N) is 1. The minimum absolute atomic E-state index is 0.0717. The van der Waals surface area contributed by atoms with Crippen molar-refractivity contribution in [1.82, 2.24) is 9.47 Å². The zero-order chi connectivity index (χ0) is 15.3. The van der Waals surface area contributed by atoms with Crippen LogP contribution in [0.5, 0.6) is 0 Å². The molecule has 1 aromatic rings. The molecule has 4 nitrogen and oxygen atoms in total. The van der Waals surface area contributed by atoms with Crippen molar-refractivity contribution in [2.75, 3.05) is 20.1 Å². The van der Waals surface area contributed by atoms with E-state index < -0.39 is 0 Å². The third kappa shape index (κ3) is 3.74. The molecule has 0 atom stereocenters. The van der Waals surface area contributed by atoms with Crippen molar-refractivity contribution in [3.8, 4) is 0 Å². The maximum atomic E-state index is 11.8. The predicted octanol–water partition coefficient (Wildman–Crippen LogP) is 2.08. The summed E-state index contributed by atoms with van der Waals surface area (Å²) in [6.45, 7) is 4.60. The van der Waals surface area contributed by atoms with Crippen LogP contribution in [0.25, 0.3) is 0 Å². The largest absolute Gasteiger partial charge is 0.329 e. The van der Waals surface area contributed by atoms with E-state index in [0.717, 1.165) is 19.0 Å². The first kappa shape index (κ1) is 16.2. The standard InChI is InChI=1S/C17H29N3O/c1-3-15-7-9-17(14-18,10-8-15)19(2)12-13-20-11-5-4-6-16(20)21/h4-6,11,15H,3,7-10,12-14,18H2,1-2H3. The van der Waals surface area contributed by atoms with Gasteiger partial charge in [-0.1, -0.05) is 19.4 Å². The Balaban J connectivity index is 1.96. The van der Waals surface area contributed by atoms with Crippen molar-refractivity contribution < 1.29 is 0 Å². The Morgan fingerprint density at radius 1 is 1.38 bits per heavy atom. The number of nitrogens with zero attached hydrogens (tertiary/aromatic N) is 2. The van der Waals surface area contributed by atoms with Crippen LogP contribution >= 0.6 is 0 Å². The van der Waals surface area contributed by atoms with Gasteiger partial charge in [-0.2, -0.15) is 0 Å². The molecule has 2 N–H and O–H groups in total. The summed E-state index contributed by atoms with van der Waals surface area (Å²) >= 11 is 0. The molecule has 0 radical (unpaired) electrons. The molecule has 1 heterocycles. The molecule has 1 saturated carbocycles. The lowest BCUT2D eigenvalue weighted by Gasteiger charge is -2.46. The van der Waals surface area contributed by atoms with Gasteiger partial charge in [-0.3, -0.25) is 9.69 Å². The number of rotatable bonds is 6. The summed E-state index contributed by atoms with van der Waals surface area (Å²) < 4.78 is 1.78. The van der Waals surface area contributed by atoms with E-state index in [0.29, 0.717) is 6.54 Å². The van der Waals surface area contributed by atoms with Crippen LogP contribution in [-0.2, 0) is 6.54 Å². The van der Waals surface area contributed by atoms with Crippen molar-refractivity contribution in [2.24, 2.45) is 11.7 Å². The van der Waals surface area contributed by atoms with E-state index in [2.05, 4.69) is 18.9 Å². The average Bonchev–Trinajstić information content (AvgIpc) is 2.53. The quantitative estimate of drug-likeness (QED) is 0.873. The minimum Gasteiger partial charge on any atom is -0.329 e. The van der Waals surface area contributed by atoms with Crippen LogP contribution in [0.2, 0.25) is 0 Å². The molecule has 4 heteroatoms. The summed E-state index contributed by atoms with van der Waals surface area (Å²) in [6, 6.07) is 5.31. The van der Waals surface area contributed by atoms with Crippen molar-refractivity contribution in [3.05, 3.63) is 34.7 Å². The van der Waals surface area contributed by atoms with Crippen LogP contribution in [0.4, 0.5) is 0 Å². The summed E-state index contributed by atoms with van der Waals surface area (Å²) in [5.41, 5.74) is 6.32. The number of hydrogen-bond acceptors (Lipinski definition) is 3. The molecule has 1 aromatic heterocycles. The van der Waals surface area contributed by atoms with Gasteiger partial charge in [0.05, 0.1) is 0 Å². The van der Waals surface area contributed by atoms with Crippen LogP contribution < -0.4 is 11.3 Å². The summed E-state index contributed by atoms with van der Waals surface area (Å²) in [5, 5.41) is 0. The van der Waals surface area contributed by atoms with E-state index in [4.69, 9.17) is 5.73 Å². The molecule has 21 heavy (non-hydrogen) atoms. The van der Waals surface area contributed by atoms with Gasteiger partial charge in [0.2, 0.25) is 0 Å². The van der Waals surface area contributed by atoms with Crippen LogP contribution in [0, 0.1) is 5.92 Å². The Bertz CT molecular complexity index is 489. The zero-order valence-corrected chi connectivity index (χ0v) is 13.4. The molecule has 2 rings (SSSR count). The summed E-state index contributed by atoms with van der Waals surface area (Å²) in [6.07, 6.45) is 8.07. The Labute approximate surface area is 127 Å².